The molecule has 1 aromatic rings. The van der Waals surface area contributed by atoms with Crippen LogP contribution in [0, 0.1) is 0 Å². The van der Waals surface area contributed by atoms with Gasteiger partial charge in [0.05, 0.1) is 13.1 Å². The molecule has 0 radical (unpaired) electrons. The second kappa shape index (κ2) is 8.48. The molecular weight excluding hydrogens is 322 g/mol. The van der Waals surface area contributed by atoms with Crippen molar-refractivity contribution >= 4 is 17.9 Å². The lowest BCUT2D eigenvalue weighted by Gasteiger charge is -2.22. The van der Waals surface area contributed by atoms with E-state index < -0.39 is 5.60 Å². The molecule has 8 nitrogen and oxygen atoms in total. The van der Waals surface area contributed by atoms with Crippen LogP contribution in [-0.2, 0) is 10.4 Å². The summed E-state index contributed by atoms with van der Waals surface area (Å²) in [6, 6.07) is 8.97. The fraction of sp³-hybridized carbons (Fsp3) is 0.471. The van der Waals surface area contributed by atoms with E-state index >= 15 is 0 Å². The minimum atomic E-state index is -1.09. The van der Waals surface area contributed by atoms with E-state index in [9.17, 15) is 14.7 Å². The molecule has 1 heterocycles. The van der Waals surface area contributed by atoms with Crippen LogP contribution in [0.4, 0.5) is 4.79 Å². The monoisotopic (exact) mass is 347 g/mol. The molecule has 0 aliphatic carbocycles. The van der Waals surface area contributed by atoms with Gasteiger partial charge in [0.25, 0.3) is 0 Å². The Hall–Kier alpha value is -2.61. The number of urea groups is 1. The number of imide groups is 1. The van der Waals surface area contributed by atoms with Crippen molar-refractivity contribution in [3.05, 3.63) is 35.9 Å². The summed E-state index contributed by atoms with van der Waals surface area (Å²) in [5.74, 6) is 0.284. The number of rotatable bonds is 7. The molecular formula is C17H25N5O3. The average Bonchev–Trinajstić information content (AvgIpc) is 2.92. The van der Waals surface area contributed by atoms with Crippen molar-refractivity contribution < 1.29 is 14.7 Å². The van der Waals surface area contributed by atoms with Crippen molar-refractivity contribution in [3.8, 4) is 0 Å². The first-order valence-corrected chi connectivity index (χ1v) is 8.32. The summed E-state index contributed by atoms with van der Waals surface area (Å²) in [4.78, 5) is 28.6. The zero-order valence-electron chi connectivity index (χ0n) is 14.6. The Kier molecular flexibility index (Phi) is 6.35. The summed E-state index contributed by atoms with van der Waals surface area (Å²) in [7, 11) is 0. The molecule has 2 rings (SSSR count). The molecule has 1 aromatic carbocycles. The zero-order valence-corrected chi connectivity index (χ0v) is 14.6. The Morgan fingerprint density at radius 1 is 1.32 bits per heavy atom. The van der Waals surface area contributed by atoms with Gasteiger partial charge >= 0.3 is 6.03 Å². The van der Waals surface area contributed by atoms with E-state index in [1.165, 1.54) is 0 Å². The molecule has 25 heavy (non-hydrogen) atoms. The minimum Gasteiger partial charge on any atom is -0.384 e. The first-order chi connectivity index (χ1) is 11.9. The van der Waals surface area contributed by atoms with Crippen molar-refractivity contribution in [2.45, 2.75) is 19.4 Å². The Labute approximate surface area is 147 Å². The van der Waals surface area contributed by atoms with Crippen molar-refractivity contribution in [2.75, 3.05) is 32.7 Å². The predicted octanol–water partition coefficient (Wildman–Crippen LogP) is 0.00100. The van der Waals surface area contributed by atoms with Crippen molar-refractivity contribution in [1.82, 2.24) is 20.9 Å². The van der Waals surface area contributed by atoms with Gasteiger partial charge in [-0.1, -0.05) is 30.3 Å². The predicted molar refractivity (Wildman–Crippen MR) is 95.1 cm³/mol. The van der Waals surface area contributed by atoms with Gasteiger partial charge in [0.2, 0.25) is 5.91 Å². The molecule has 0 aromatic heterocycles. The minimum absolute atomic E-state index is 0.0485. The largest absolute Gasteiger partial charge is 0.384 e. The van der Waals surface area contributed by atoms with E-state index in [1.54, 1.807) is 6.92 Å². The number of aliphatic hydroxyl groups is 1. The SMILES string of the molecule is CCNC(=NCC(C)(O)c1ccccc1)NCCN1C(=O)CNC1=O. The van der Waals surface area contributed by atoms with Crippen LogP contribution >= 0.6 is 0 Å². The number of nitrogens with one attached hydrogen (secondary N) is 3. The molecule has 1 fully saturated rings. The molecule has 1 unspecified atom stereocenters. The number of hydrogen-bond donors (Lipinski definition) is 4. The first kappa shape index (κ1) is 18.7. The first-order valence-electron chi connectivity index (χ1n) is 8.32. The number of carbonyl (C=O) groups excluding carboxylic acids is 2. The molecule has 1 aliphatic heterocycles. The lowest BCUT2D eigenvalue weighted by Crippen LogP contribution is -2.43. The van der Waals surface area contributed by atoms with Gasteiger partial charge in [-0.2, -0.15) is 0 Å². The van der Waals surface area contributed by atoms with Crippen molar-refractivity contribution in [1.29, 1.82) is 0 Å². The summed E-state index contributed by atoms with van der Waals surface area (Å²) in [5, 5.41) is 19.2. The summed E-state index contributed by atoms with van der Waals surface area (Å²) in [6.07, 6.45) is 0. The summed E-state index contributed by atoms with van der Waals surface area (Å²) >= 11 is 0. The molecule has 8 heteroatoms. The van der Waals surface area contributed by atoms with E-state index in [4.69, 9.17) is 0 Å². The van der Waals surface area contributed by atoms with Crippen molar-refractivity contribution in [2.24, 2.45) is 4.99 Å². The topological polar surface area (TPSA) is 106 Å². The number of nitrogens with zero attached hydrogens (tertiary/aromatic N) is 2. The molecule has 4 N–H and O–H groups in total. The maximum atomic E-state index is 11.5. The van der Waals surface area contributed by atoms with Gasteiger partial charge in [0, 0.05) is 19.6 Å². The number of amides is 3. The highest BCUT2D eigenvalue weighted by Crippen LogP contribution is 2.20. The third-order valence-electron chi connectivity index (χ3n) is 3.85. The Bertz CT molecular complexity index is 614. The van der Waals surface area contributed by atoms with Crippen molar-refractivity contribution in [3.63, 3.8) is 0 Å². The van der Waals surface area contributed by atoms with Gasteiger partial charge in [-0.3, -0.25) is 9.69 Å². The van der Waals surface area contributed by atoms with Gasteiger partial charge in [0.15, 0.2) is 5.96 Å². The Balaban J connectivity index is 1.91. The number of aliphatic imine (C=N–C) groups is 1. The van der Waals surface area contributed by atoms with E-state index in [-0.39, 0.29) is 31.6 Å². The molecule has 0 bridgehead atoms. The third kappa shape index (κ3) is 5.18. The highest BCUT2D eigenvalue weighted by molar-refractivity contribution is 6.01. The second-order valence-electron chi connectivity index (χ2n) is 5.97. The Morgan fingerprint density at radius 2 is 2.04 bits per heavy atom. The van der Waals surface area contributed by atoms with Crippen LogP contribution in [0.3, 0.4) is 0 Å². The average molecular weight is 347 g/mol. The van der Waals surface area contributed by atoms with Crippen LogP contribution in [0.1, 0.15) is 19.4 Å². The summed E-state index contributed by atoms with van der Waals surface area (Å²) < 4.78 is 0. The van der Waals surface area contributed by atoms with E-state index in [1.807, 2.05) is 37.3 Å². The maximum Gasteiger partial charge on any atom is 0.324 e. The quantitative estimate of drug-likeness (QED) is 0.316. The van der Waals surface area contributed by atoms with Crippen LogP contribution in [0.15, 0.2) is 35.3 Å². The fourth-order valence-electron chi connectivity index (χ4n) is 2.43. The molecule has 0 saturated carbocycles. The molecule has 3 amide bonds. The number of carbonyl (C=O) groups is 2. The highest BCUT2D eigenvalue weighted by Gasteiger charge is 2.27. The summed E-state index contributed by atoms with van der Waals surface area (Å²) in [6.45, 7) is 5.15. The van der Waals surface area contributed by atoms with Crippen LogP contribution < -0.4 is 16.0 Å². The van der Waals surface area contributed by atoms with Crippen LogP contribution in [-0.4, -0.2) is 60.6 Å². The Morgan fingerprint density at radius 3 is 2.64 bits per heavy atom. The molecule has 136 valence electrons. The standard InChI is InChI=1S/C17H25N5O3/c1-3-18-15(19-9-10-22-14(23)11-20-16(22)24)21-12-17(2,25)13-7-5-4-6-8-13/h4-8,25H,3,9-12H2,1-2H3,(H,20,24)(H2,18,19,21). The molecule has 1 saturated heterocycles. The van der Waals surface area contributed by atoms with Crippen LogP contribution in [0.2, 0.25) is 0 Å². The van der Waals surface area contributed by atoms with Gasteiger partial charge in [-0.25, -0.2) is 9.79 Å². The normalized spacial score (nSPS) is 17.2. The van der Waals surface area contributed by atoms with Crippen LogP contribution in [0.5, 0.6) is 0 Å². The number of guanidine groups is 1. The van der Waals surface area contributed by atoms with Gasteiger partial charge < -0.3 is 21.1 Å². The fourth-order valence-corrected chi connectivity index (χ4v) is 2.43. The van der Waals surface area contributed by atoms with E-state index in [0.717, 1.165) is 10.5 Å². The maximum absolute atomic E-state index is 11.5. The lowest BCUT2D eigenvalue weighted by molar-refractivity contribution is -0.124. The van der Waals surface area contributed by atoms with E-state index in [0.29, 0.717) is 19.0 Å². The van der Waals surface area contributed by atoms with Gasteiger partial charge in [-0.05, 0) is 19.4 Å². The van der Waals surface area contributed by atoms with E-state index in [2.05, 4.69) is 20.9 Å². The zero-order chi connectivity index (χ0) is 18.3. The van der Waals surface area contributed by atoms with Gasteiger partial charge in [-0.15, -0.1) is 0 Å². The molecule has 1 aliphatic rings. The van der Waals surface area contributed by atoms with Crippen LogP contribution in [0.25, 0.3) is 0 Å². The highest BCUT2D eigenvalue weighted by atomic mass is 16.3. The second-order valence-corrected chi connectivity index (χ2v) is 5.97. The number of hydrogen-bond acceptors (Lipinski definition) is 4. The summed E-state index contributed by atoms with van der Waals surface area (Å²) in [5.41, 5.74) is -0.303. The molecule has 0 spiro atoms. The molecule has 1 atom stereocenters. The smallest absolute Gasteiger partial charge is 0.324 e. The third-order valence-corrected chi connectivity index (χ3v) is 3.85. The lowest BCUT2D eigenvalue weighted by atomic mass is 9.96. The van der Waals surface area contributed by atoms with Gasteiger partial charge in [0.1, 0.15) is 5.60 Å². The number of benzene rings is 1.